The van der Waals surface area contributed by atoms with Gasteiger partial charge in [0.1, 0.15) is 17.1 Å². The molecule has 1 unspecified atom stereocenters. The van der Waals surface area contributed by atoms with Gasteiger partial charge in [0, 0.05) is 17.7 Å². The van der Waals surface area contributed by atoms with Crippen LogP contribution in [0.5, 0.6) is 11.5 Å². The first-order valence-electron chi connectivity index (χ1n) is 9.87. The summed E-state index contributed by atoms with van der Waals surface area (Å²) in [4.78, 5) is 12.6. The molecular formula is C23H29NO3S. The van der Waals surface area contributed by atoms with E-state index in [0.717, 1.165) is 42.1 Å². The summed E-state index contributed by atoms with van der Waals surface area (Å²) in [5.41, 5.74) is 2.06. The van der Waals surface area contributed by atoms with Gasteiger partial charge in [-0.15, -0.1) is 11.8 Å². The zero-order valence-electron chi connectivity index (χ0n) is 16.9. The average molecular weight is 400 g/mol. The predicted molar refractivity (Wildman–Crippen MR) is 115 cm³/mol. The molecule has 0 saturated carbocycles. The number of hydrogen-bond donors (Lipinski definition) is 1. The van der Waals surface area contributed by atoms with Crippen LogP contribution in [-0.4, -0.2) is 24.4 Å². The Morgan fingerprint density at radius 1 is 1.18 bits per heavy atom. The molecule has 1 atom stereocenters. The standard InChI is InChI=1S/C23H29NO3S/c1-4-23(5-2)14-20(19-8-6-7-9-21(19)27-23)24-22(25)16-28-15-17-10-12-18(26-3)13-11-17/h6-13,20H,4-5,14-16H2,1-3H3,(H,24,25). The van der Waals surface area contributed by atoms with Gasteiger partial charge in [-0.1, -0.05) is 44.2 Å². The summed E-state index contributed by atoms with van der Waals surface area (Å²) < 4.78 is 11.5. The van der Waals surface area contributed by atoms with E-state index in [1.54, 1.807) is 18.9 Å². The molecular weight excluding hydrogens is 370 g/mol. The fraction of sp³-hybridized carbons (Fsp3) is 0.435. The van der Waals surface area contributed by atoms with Gasteiger partial charge in [-0.3, -0.25) is 4.79 Å². The number of methoxy groups -OCH3 is 1. The van der Waals surface area contributed by atoms with Crippen LogP contribution in [-0.2, 0) is 10.5 Å². The van der Waals surface area contributed by atoms with Crippen LogP contribution < -0.4 is 14.8 Å². The van der Waals surface area contributed by atoms with E-state index >= 15 is 0 Å². The maximum absolute atomic E-state index is 12.6. The van der Waals surface area contributed by atoms with Gasteiger partial charge >= 0.3 is 0 Å². The van der Waals surface area contributed by atoms with Crippen LogP contribution in [0.25, 0.3) is 0 Å². The third-order valence-corrected chi connectivity index (χ3v) is 6.49. The van der Waals surface area contributed by atoms with Crippen LogP contribution in [0.3, 0.4) is 0 Å². The number of fused-ring (bicyclic) bond motifs is 1. The second-order valence-electron chi connectivity index (χ2n) is 7.20. The van der Waals surface area contributed by atoms with Gasteiger partial charge in [0.15, 0.2) is 0 Å². The molecule has 2 aromatic rings. The molecule has 0 aliphatic carbocycles. The number of amides is 1. The lowest BCUT2D eigenvalue weighted by Crippen LogP contribution is -2.44. The van der Waals surface area contributed by atoms with Crippen molar-refractivity contribution in [1.29, 1.82) is 0 Å². The molecule has 1 N–H and O–H groups in total. The lowest BCUT2D eigenvalue weighted by molar-refractivity contribution is -0.120. The van der Waals surface area contributed by atoms with Gasteiger partial charge in [-0.2, -0.15) is 0 Å². The Balaban J connectivity index is 1.59. The van der Waals surface area contributed by atoms with E-state index in [0.29, 0.717) is 5.75 Å². The summed E-state index contributed by atoms with van der Waals surface area (Å²) in [7, 11) is 1.66. The molecule has 0 spiro atoms. The molecule has 0 fully saturated rings. The maximum Gasteiger partial charge on any atom is 0.230 e. The van der Waals surface area contributed by atoms with Gasteiger partial charge in [0.25, 0.3) is 0 Å². The van der Waals surface area contributed by atoms with Crippen molar-refractivity contribution in [2.75, 3.05) is 12.9 Å². The van der Waals surface area contributed by atoms with E-state index in [4.69, 9.17) is 9.47 Å². The average Bonchev–Trinajstić information content (AvgIpc) is 2.74. The normalized spacial score (nSPS) is 17.3. The molecule has 1 amide bonds. The molecule has 150 valence electrons. The summed E-state index contributed by atoms with van der Waals surface area (Å²) in [5.74, 6) is 3.06. The van der Waals surface area contributed by atoms with E-state index in [1.807, 2.05) is 42.5 Å². The second-order valence-corrected chi connectivity index (χ2v) is 8.18. The maximum atomic E-state index is 12.6. The van der Waals surface area contributed by atoms with Crippen molar-refractivity contribution in [3.8, 4) is 11.5 Å². The van der Waals surface area contributed by atoms with E-state index in [2.05, 4.69) is 25.2 Å². The molecule has 0 radical (unpaired) electrons. The zero-order valence-corrected chi connectivity index (χ0v) is 17.7. The number of benzene rings is 2. The highest BCUT2D eigenvalue weighted by atomic mass is 32.2. The summed E-state index contributed by atoms with van der Waals surface area (Å²) in [6, 6.07) is 16.0. The minimum absolute atomic E-state index is 0.000985. The first-order chi connectivity index (χ1) is 13.6. The molecule has 3 rings (SSSR count). The van der Waals surface area contributed by atoms with Gasteiger partial charge in [0.2, 0.25) is 5.91 Å². The Morgan fingerprint density at radius 2 is 1.89 bits per heavy atom. The predicted octanol–water partition coefficient (Wildman–Crippen LogP) is 5.13. The Bertz CT molecular complexity index is 787. The van der Waals surface area contributed by atoms with Gasteiger partial charge in [-0.25, -0.2) is 0 Å². The highest BCUT2D eigenvalue weighted by Gasteiger charge is 2.38. The van der Waals surface area contributed by atoms with Crippen LogP contribution in [0.2, 0.25) is 0 Å². The molecule has 0 aromatic heterocycles. The largest absolute Gasteiger partial charge is 0.497 e. The van der Waals surface area contributed by atoms with Crippen molar-refractivity contribution < 1.29 is 14.3 Å². The summed E-state index contributed by atoms with van der Waals surface area (Å²) in [5, 5.41) is 3.24. The van der Waals surface area contributed by atoms with Crippen molar-refractivity contribution in [2.24, 2.45) is 0 Å². The molecule has 0 saturated heterocycles. The molecule has 1 heterocycles. The molecule has 4 nitrogen and oxygen atoms in total. The number of thioether (sulfide) groups is 1. The second kappa shape index (κ2) is 9.37. The number of carbonyl (C=O) groups is 1. The number of nitrogens with one attached hydrogen (secondary N) is 1. The fourth-order valence-corrected chi connectivity index (χ4v) is 4.45. The quantitative estimate of drug-likeness (QED) is 0.669. The fourth-order valence-electron chi connectivity index (χ4n) is 3.65. The number of carbonyl (C=O) groups excluding carboxylic acids is 1. The summed E-state index contributed by atoms with van der Waals surface area (Å²) >= 11 is 1.63. The third-order valence-electron chi connectivity index (χ3n) is 5.48. The van der Waals surface area contributed by atoms with Crippen molar-refractivity contribution in [3.63, 3.8) is 0 Å². The van der Waals surface area contributed by atoms with Gasteiger partial charge in [-0.05, 0) is 36.6 Å². The first kappa shape index (κ1) is 20.6. The monoisotopic (exact) mass is 399 g/mol. The highest BCUT2D eigenvalue weighted by molar-refractivity contribution is 7.99. The van der Waals surface area contributed by atoms with E-state index < -0.39 is 0 Å². The number of para-hydroxylation sites is 1. The van der Waals surface area contributed by atoms with Crippen LogP contribution in [0.15, 0.2) is 48.5 Å². The lowest BCUT2D eigenvalue weighted by Gasteiger charge is -2.41. The van der Waals surface area contributed by atoms with E-state index in [1.165, 1.54) is 5.56 Å². The van der Waals surface area contributed by atoms with Gasteiger partial charge in [0.05, 0.1) is 18.9 Å². The van der Waals surface area contributed by atoms with E-state index in [9.17, 15) is 4.79 Å². The molecule has 5 heteroatoms. The zero-order chi connectivity index (χ0) is 20.0. The minimum Gasteiger partial charge on any atom is -0.497 e. The highest BCUT2D eigenvalue weighted by Crippen LogP contribution is 2.42. The third kappa shape index (κ3) is 4.82. The topological polar surface area (TPSA) is 47.6 Å². The molecule has 28 heavy (non-hydrogen) atoms. The molecule has 1 aliphatic rings. The first-order valence-corrected chi connectivity index (χ1v) is 11.0. The van der Waals surface area contributed by atoms with Gasteiger partial charge < -0.3 is 14.8 Å². The smallest absolute Gasteiger partial charge is 0.230 e. The van der Waals surface area contributed by atoms with E-state index in [-0.39, 0.29) is 17.6 Å². The Kier molecular flexibility index (Phi) is 6.89. The Morgan fingerprint density at radius 3 is 2.57 bits per heavy atom. The Hall–Kier alpha value is -2.14. The Labute approximate surface area is 172 Å². The summed E-state index contributed by atoms with van der Waals surface area (Å²) in [6.45, 7) is 4.31. The van der Waals surface area contributed by atoms with Crippen LogP contribution in [0.4, 0.5) is 0 Å². The van der Waals surface area contributed by atoms with Crippen LogP contribution in [0.1, 0.15) is 50.3 Å². The van der Waals surface area contributed by atoms with Crippen LogP contribution in [0, 0.1) is 0 Å². The van der Waals surface area contributed by atoms with Crippen molar-refractivity contribution >= 4 is 17.7 Å². The van der Waals surface area contributed by atoms with Crippen molar-refractivity contribution in [2.45, 2.75) is 50.5 Å². The minimum atomic E-state index is -0.206. The van der Waals surface area contributed by atoms with Crippen molar-refractivity contribution in [1.82, 2.24) is 5.32 Å². The molecule has 2 aromatic carbocycles. The van der Waals surface area contributed by atoms with Crippen molar-refractivity contribution in [3.05, 3.63) is 59.7 Å². The molecule has 1 aliphatic heterocycles. The van der Waals surface area contributed by atoms with Crippen LogP contribution >= 0.6 is 11.8 Å². The molecule has 0 bridgehead atoms. The lowest BCUT2D eigenvalue weighted by atomic mass is 9.83. The number of hydrogen-bond acceptors (Lipinski definition) is 4. The number of ether oxygens (including phenoxy) is 2. The number of rotatable bonds is 8. The summed E-state index contributed by atoms with van der Waals surface area (Å²) in [6.07, 6.45) is 2.67. The SMILES string of the molecule is CCC1(CC)CC(NC(=O)CSCc2ccc(OC)cc2)c2ccccc2O1.